The molecule has 7 heteroatoms. The molecule has 3 aromatic heterocycles. The van der Waals surface area contributed by atoms with Crippen LogP contribution in [0.1, 0.15) is 28.2 Å². The molecule has 0 saturated heterocycles. The maximum atomic E-state index is 12.3. The summed E-state index contributed by atoms with van der Waals surface area (Å²) in [6.07, 6.45) is 6.19. The van der Waals surface area contributed by atoms with E-state index in [0.29, 0.717) is 11.3 Å². The van der Waals surface area contributed by atoms with Gasteiger partial charge >= 0.3 is 0 Å². The van der Waals surface area contributed by atoms with Crippen LogP contribution in [0, 0.1) is 0 Å². The monoisotopic (exact) mass is 282 g/mol. The molecule has 0 radical (unpaired) electrons. The highest BCUT2D eigenvalue weighted by molar-refractivity contribution is 5.94. The van der Waals surface area contributed by atoms with Gasteiger partial charge in [0.05, 0.1) is 12.4 Å². The number of pyridine rings is 1. The highest BCUT2D eigenvalue weighted by Crippen LogP contribution is 2.19. The van der Waals surface area contributed by atoms with Crippen molar-refractivity contribution >= 4 is 16.9 Å². The van der Waals surface area contributed by atoms with Crippen LogP contribution in [-0.4, -0.2) is 37.3 Å². The minimum atomic E-state index is -0.153. The van der Waals surface area contributed by atoms with E-state index in [-0.39, 0.29) is 11.9 Å². The number of aryl methyl sites for hydroxylation is 1. The van der Waals surface area contributed by atoms with Crippen LogP contribution in [0.25, 0.3) is 11.0 Å². The Labute approximate surface area is 120 Å². The molecule has 3 heterocycles. The number of fused-ring (bicyclic) bond motifs is 2. The summed E-state index contributed by atoms with van der Waals surface area (Å²) in [4.78, 5) is 16.6. The fraction of sp³-hybridized carbons (Fsp3) is 0.286. The van der Waals surface area contributed by atoms with Gasteiger partial charge in [0.1, 0.15) is 5.69 Å². The molecule has 0 spiro atoms. The molecule has 1 aliphatic carbocycles. The van der Waals surface area contributed by atoms with Crippen LogP contribution >= 0.6 is 0 Å². The summed E-state index contributed by atoms with van der Waals surface area (Å²) in [5.41, 5.74) is 3.39. The number of carbonyl (C=O) groups is 1. The summed E-state index contributed by atoms with van der Waals surface area (Å²) < 4.78 is 0. The van der Waals surface area contributed by atoms with Gasteiger partial charge in [-0.3, -0.25) is 15.0 Å². The number of carbonyl (C=O) groups excluding carboxylic acids is 1. The molecule has 4 rings (SSSR count). The Morgan fingerprint density at radius 1 is 1.24 bits per heavy atom. The Hall–Kier alpha value is -2.70. The van der Waals surface area contributed by atoms with Gasteiger partial charge in [-0.15, -0.1) is 0 Å². The lowest BCUT2D eigenvalue weighted by Crippen LogP contribution is -2.39. The molecule has 1 atom stereocenters. The smallest absolute Gasteiger partial charge is 0.270 e. The molecular weight excluding hydrogens is 268 g/mol. The van der Waals surface area contributed by atoms with Crippen LogP contribution < -0.4 is 5.32 Å². The topological polar surface area (TPSA) is 99.4 Å². The van der Waals surface area contributed by atoms with Gasteiger partial charge in [0.2, 0.25) is 0 Å². The van der Waals surface area contributed by atoms with Crippen molar-refractivity contribution in [2.75, 3.05) is 0 Å². The SMILES string of the molecule is O=C(NC1CCc2cn[nH]c2C1)c1ccc2cn[nH]c2n1. The zero-order chi connectivity index (χ0) is 14.2. The summed E-state index contributed by atoms with van der Waals surface area (Å²) in [5.74, 6) is -0.153. The lowest BCUT2D eigenvalue weighted by atomic mass is 9.93. The van der Waals surface area contributed by atoms with Gasteiger partial charge in [0.25, 0.3) is 5.91 Å². The van der Waals surface area contributed by atoms with Crippen LogP contribution in [0.3, 0.4) is 0 Å². The Morgan fingerprint density at radius 2 is 2.14 bits per heavy atom. The fourth-order valence-electron chi connectivity index (χ4n) is 2.74. The molecule has 1 unspecified atom stereocenters. The molecule has 0 saturated carbocycles. The van der Waals surface area contributed by atoms with Crippen LogP contribution in [0.5, 0.6) is 0 Å². The Balaban J connectivity index is 1.50. The number of aromatic nitrogens is 5. The fourth-order valence-corrected chi connectivity index (χ4v) is 2.74. The van der Waals surface area contributed by atoms with E-state index in [1.54, 1.807) is 12.3 Å². The van der Waals surface area contributed by atoms with Crippen molar-refractivity contribution in [3.05, 3.63) is 41.5 Å². The molecule has 0 bridgehead atoms. The van der Waals surface area contributed by atoms with E-state index in [0.717, 1.165) is 30.3 Å². The summed E-state index contributed by atoms with van der Waals surface area (Å²) in [6, 6.07) is 3.68. The van der Waals surface area contributed by atoms with Crippen LogP contribution in [0.15, 0.2) is 24.5 Å². The van der Waals surface area contributed by atoms with Crippen molar-refractivity contribution in [3.8, 4) is 0 Å². The van der Waals surface area contributed by atoms with E-state index in [1.807, 2.05) is 12.3 Å². The second kappa shape index (κ2) is 4.69. The van der Waals surface area contributed by atoms with E-state index < -0.39 is 0 Å². The zero-order valence-corrected chi connectivity index (χ0v) is 11.3. The minimum absolute atomic E-state index is 0.115. The van der Waals surface area contributed by atoms with Crippen molar-refractivity contribution in [1.29, 1.82) is 0 Å². The lowest BCUT2D eigenvalue weighted by molar-refractivity contribution is 0.0928. The normalized spacial score (nSPS) is 17.6. The number of rotatable bonds is 2. The molecule has 3 aromatic rings. The maximum Gasteiger partial charge on any atom is 0.270 e. The van der Waals surface area contributed by atoms with Gasteiger partial charge < -0.3 is 5.32 Å². The summed E-state index contributed by atoms with van der Waals surface area (Å²) >= 11 is 0. The van der Waals surface area contributed by atoms with E-state index in [2.05, 4.69) is 30.7 Å². The molecule has 3 N–H and O–H groups in total. The zero-order valence-electron chi connectivity index (χ0n) is 11.3. The van der Waals surface area contributed by atoms with Crippen molar-refractivity contribution in [1.82, 2.24) is 30.7 Å². The Kier molecular flexibility index (Phi) is 2.70. The molecule has 106 valence electrons. The summed E-state index contributed by atoms with van der Waals surface area (Å²) in [5, 5.41) is 17.6. The van der Waals surface area contributed by atoms with Gasteiger partial charge in [0.15, 0.2) is 5.65 Å². The predicted molar refractivity (Wildman–Crippen MR) is 75.8 cm³/mol. The largest absolute Gasteiger partial charge is 0.348 e. The van der Waals surface area contributed by atoms with Gasteiger partial charge in [-0.2, -0.15) is 10.2 Å². The van der Waals surface area contributed by atoms with Gasteiger partial charge in [-0.05, 0) is 30.5 Å². The van der Waals surface area contributed by atoms with Crippen molar-refractivity contribution in [2.24, 2.45) is 0 Å². The van der Waals surface area contributed by atoms with Crippen molar-refractivity contribution in [3.63, 3.8) is 0 Å². The van der Waals surface area contributed by atoms with Crippen LogP contribution in [-0.2, 0) is 12.8 Å². The number of amides is 1. The third kappa shape index (κ3) is 2.16. The second-order valence-electron chi connectivity index (χ2n) is 5.29. The minimum Gasteiger partial charge on any atom is -0.348 e. The number of H-pyrrole nitrogens is 2. The standard InChI is InChI=1S/C14H14N6O/c21-14(11-4-2-9-7-16-20-13(9)18-11)17-10-3-1-8-6-15-19-12(8)5-10/h2,4,6-7,10H,1,3,5H2,(H,15,19)(H,17,21)(H,16,18,20). The van der Waals surface area contributed by atoms with E-state index in [4.69, 9.17) is 0 Å². The average Bonchev–Trinajstić information content (AvgIpc) is 3.14. The first-order valence-corrected chi connectivity index (χ1v) is 6.92. The number of hydrogen-bond donors (Lipinski definition) is 3. The van der Waals surface area contributed by atoms with Crippen LogP contribution in [0.2, 0.25) is 0 Å². The molecule has 21 heavy (non-hydrogen) atoms. The first-order chi connectivity index (χ1) is 10.3. The summed E-state index contributed by atoms with van der Waals surface area (Å²) in [7, 11) is 0. The molecule has 1 amide bonds. The Bertz CT molecular complexity index is 805. The molecule has 0 fully saturated rings. The maximum absolute atomic E-state index is 12.3. The first kappa shape index (κ1) is 12.1. The Morgan fingerprint density at radius 3 is 3.10 bits per heavy atom. The van der Waals surface area contributed by atoms with Crippen LogP contribution in [0.4, 0.5) is 0 Å². The first-order valence-electron chi connectivity index (χ1n) is 6.92. The summed E-state index contributed by atoms with van der Waals surface area (Å²) in [6.45, 7) is 0. The second-order valence-corrected chi connectivity index (χ2v) is 5.29. The number of hydrogen-bond acceptors (Lipinski definition) is 4. The molecule has 0 aromatic carbocycles. The highest BCUT2D eigenvalue weighted by atomic mass is 16.1. The van der Waals surface area contributed by atoms with E-state index >= 15 is 0 Å². The van der Waals surface area contributed by atoms with Gasteiger partial charge in [-0.1, -0.05) is 0 Å². The predicted octanol–water partition coefficient (Wildman–Crippen LogP) is 0.968. The average molecular weight is 282 g/mol. The third-order valence-electron chi connectivity index (χ3n) is 3.89. The molecule has 7 nitrogen and oxygen atoms in total. The van der Waals surface area contributed by atoms with E-state index in [9.17, 15) is 4.79 Å². The van der Waals surface area contributed by atoms with Crippen molar-refractivity contribution < 1.29 is 4.79 Å². The molecular formula is C14H14N6O. The number of aromatic amines is 2. The third-order valence-corrected chi connectivity index (χ3v) is 3.89. The van der Waals surface area contributed by atoms with Gasteiger partial charge in [0, 0.05) is 23.5 Å². The number of nitrogens with one attached hydrogen (secondary N) is 3. The quantitative estimate of drug-likeness (QED) is 0.652. The van der Waals surface area contributed by atoms with Crippen molar-refractivity contribution in [2.45, 2.75) is 25.3 Å². The van der Waals surface area contributed by atoms with Gasteiger partial charge in [-0.25, -0.2) is 4.98 Å². The lowest BCUT2D eigenvalue weighted by Gasteiger charge is -2.22. The highest BCUT2D eigenvalue weighted by Gasteiger charge is 2.22. The molecule has 1 aliphatic rings. The van der Waals surface area contributed by atoms with E-state index in [1.165, 1.54) is 5.56 Å². The molecule has 0 aliphatic heterocycles. The number of nitrogens with zero attached hydrogens (tertiary/aromatic N) is 3.